The van der Waals surface area contributed by atoms with Crippen LogP contribution in [0.5, 0.6) is 11.5 Å². The second-order valence-electron chi connectivity index (χ2n) is 7.73. The molecule has 4 aromatic rings. The molecule has 0 spiro atoms. The highest BCUT2D eigenvalue weighted by molar-refractivity contribution is 6.30. The third-order valence-electron chi connectivity index (χ3n) is 4.96. The van der Waals surface area contributed by atoms with Crippen LogP contribution in [0.25, 0.3) is 16.0 Å². The van der Waals surface area contributed by atoms with Crippen molar-refractivity contribution in [3.8, 4) is 28.7 Å². The predicted octanol–water partition coefficient (Wildman–Crippen LogP) is 5.10. The van der Waals surface area contributed by atoms with E-state index in [-0.39, 0.29) is 33.2 Å². The summed E-state index contributed by atoms with van der Waals surface area (Å²) in [5.74, 6) is -3.22. The lowest BCUT2D eigenvalue weighted by Gasteiger charge is -2.15. The molecule has 0 saturated heterocycles. The van der Waals surface area contributed by atoms with Gasteiger partial charge in [0.05, 0.1) is 24.1 Å². The number of aromatic nitrogens is 4. The summed E-state index contributed by atoms with van der Waals surface area (Å²) in [6.45, 7) is -0.473. The standard InChI is InChI=1S/C24H13ClF5N5O3/c1-31-9-12-2-14(25)6-18(3-12)38-20-21(24(28,29)30)32-11-35(23(20)37)10-17-8-19(22(36)34-33-17)13-4-15(26)7-16(27)5-13/h2-8,11H,10H2,1H3/p+1. The zero-order chi connectivity index (χ0) is 27.6. The van der Waals surface area contributed by atoms with Crippen LogP contribution < -0.4 is 15.9 Å². The smallest absolute Gasteiger partial charge is 0.437 e. The molecule has 2 heterocycles. The van der Waals surface area contributed by atoms with Crippen LogP contribution >= 0.6 is 11.6 Å². The van der Waals surface area contributed by atoms with Gasteiger partial charge in [0.15, 0.2) is 5.69 Å². The lowest BCUT2D eigenvalue weighted by atomic mass is 10.1. The molecule has 0 aliphatic carbocycles. The number of aromatic amines is 1. The predicted molar refractivity (Wildman–Crippen MR) is 127 cm³/mol. The van der Waals surface area contributed by atoms with E-state index in [1.165, 1.54) is 25.2 Å². The van der Waals surface area contributed by atoms with Gasteiger partial charge in [-0.2, -0.15) is 18.3 Å². The van der Waals surface area contributed by atoms with E-state index in [1.807, 2.05) is 0 Å². The minimum atomic E-state index is -5.04. The molecule has 0 atom stereocenters. The van der Waals surface area contributed by atoms with Crippen molar-refractivity contribution >= 4 is 11.6 Å². The van der Waals surface area contributed by atoms with Gasteiger partial charge >= 0.3 is 12.2 Å². The van der Waals surface area contributed by atoms with E-state index in [1.54, 1.807) is 0 Å². The Labute approximate surface area is 214 Å². The Balaban J connectivity index is 1.77. The van der Waals surface area contributed by atoms with Crippen LogP contribution in [0.3, 0.4) is 0 Å². The first-order valence-corrected chi connectivity index (χ1v) is 10.9. The molecule has 0 amide bonds. The summed E-state index contributed by atoms with van der Waals surface area (Å²) in [6, 6.07) is 10.0. The molecule has 4 rings (SSSR count). The van der Waals surface area contributed by atoms with E-state index < -0.39 is 46.9 Å². The van der Waals surface area contributed by atoms with Crippen LogP contribution in [-0.4, -0.2) is 26.8 Å². The molecule has 0 aliphatic rings. The van der Waals surface area contributed by atoms with Crippen molar-refractivity contribution in [3.63, 3.8) is 0 Å². The molecule has 0 saturated carbocycles. The SMILES string of the molecule is C[N+]#Cc1cc(Cl)cc(Oc2c(C(F)(F)F)ncn(Cc3cc(-c4cc(F)cc(F)c4)c(=O)[nH]n3)c2=O)c1. The van der Waals surface area contributed by atoms with E-state index in [0.29, 0.717) is 12.4 Å². The van der Waals surface area contributed by atoms with Crippen LogP contribution in [0.15, 0.2) is 58.4 Å². The first-order chi connectivity index (χ1) is 17.9. The lowest BCUT2D eigenvalue weighted by molar-refractivity contribution is -0.142. The van der Waals surface area contributed by atoms with Crippen molar-refractivity contribution in [1.82, 2.24) is 19.7 Å². The summed E-state index contributed by atoms with van der Waals surface area (Å²) in [6.07, 6.45) is -4.41. The first kappa shape index (κ1) is 26.5. The van der Waals surface area contributed by atoms with Gasteiger partial charge in [0.1, 0.15) is 22.9 Å². The van der Waals surface area contributed by atoms with E-state index >= 15 is 0 Å². The molecule has 2 aromatic carbocycles. The maximum Gasteiger partial charge on any atom is 0.437 e. The molecular weight excluding hydrogens is 537 g/mol. The van der Waals surface area contributed by atoms with Gasteiger partial charge in [-0.05, 0) is 35.9 Å². The van der Waals surface area contributed by atoms with Crippen molar-refractivity contribution < 1.29 is 26.7 Å². The molecule has 194 valence electrons. The van der Waals surface area contributed by atoms with Gasteiger partial charge in [-0.1, -0.05) is 16.4 Å². The molecule has 1 N–H and O–H groups in total. The number of H-pyrrole nitrogens is 1. The van der Waals surface area contributed by atoms with E-state index in [4.69, 9.17) is 16.3 Å². The Morgan fingerprint density at radius 3 is 2.45 bits per heavy atom. The van der Waals surface area contributed by atoms with Gasteiger partial charge in [-0.15, -0.1) is 0 Å². The lowest BCUT2D eigenvalue weighted by Crippen LogP contribution is -2.27. The molecule has 0 unspecified atom stereocenters. The highest BCUT2D eigenvalue weighted by Gasteiger charge is 2.39. The van der Waals surface area contributed by atoms with Crippen molar-refractivity contribution in [2.24, 2.45) is 0 Å². The van der Waals surface area contributed by atoms with Crippen molar-refractivity contribution in [3.05, 3.63) is 108 Å². The molecule has 0 aliphatic heterocycles. The maximum absolute atomic E-state index is 13.7. The average molecular weight is 551 g/mol. The summed E-state index contributed by atoms with van der Waals surface area (Å²) in [7, 11) is 1.42. The minimum Gasteiger partial charge on any atom is -0.449 e. The van der Waals surface area contributed by atoms with Crippen LogP contribution in [0, 0.1) is 17.7 Å². The number of hydrogen-bond acceptors (Lipinski definition) is 5. The third-order valence-corrected chi connectivity index (χ3v) is 5.18. The quantitative estimate of drug-likeness (QED) is 0.349. The molecule has 0 radical (unpaired) electrons. The van der Waals surface area contributed by atoms with Crippen LogP contribution in [-0.2, 0) is 12.7 Å². The number of benzene rings is 2. The summed E-state index contributed by atoms with van der Waals surface area (Å²) in [5.41, 5.74) is -3.64. The van der Waals surface area contributed by atoms with Crippen molar-refractivity contribution in [2.45, 2.75) is 12.7 Å². The molecule has 0 bridgehead atoms. The first-order valence-electron chi connectivity index (χ1n) is 10.5. The summed E-state index contributed by atoms with van der Waals surface area (Å²) < 4.78 is 74.4. The second kappa shape index (κ2) is 10.4. The molecular formula is C24H14ClF5N5O3+. The monoisotopic (exact) mass is 550 g/mol. The number of nitrogens with zero attached hydrogens (tertiary/aromatic N) is 4. The second-order valence-corrected chi connectivity index (χ2v) is 8.16. The normalized spacial score (nSPS) is 11.1. The Kier molecular flexibility index (Phi) is 7.27. The Bertz CT molecular complexity index is 1700. The van der Waals surface area contributed by atoms with Gasteiger partial charge in [0.2, 0.25) is 5.75 Å². The summed E-state index contributed by atoms with van der Waals surface area (Å²) >= 11 is 5.99. The fourth-order valence-electron chi connectivity index (χ4n) is 3.44. The fraction of sp³-hybridized carbons (Fsp3) is 0.125. The van der Waals surface area contributed by atoms with Gasteiger partial charge in [-0.3, -0.25) is 14.2 Å². The average Bonchev–Trinajstić information content (AvgIpc) is 2.81. The van der Waals surface area contributed by atoms with Crippen LogP contribution in [0.1, 0.15) is 17.0 Å². The Hall–Kier alpha value is -4.57. The highest BCUT2D eigenvalue weighted by atomic mass is 35.5. The van der Waals surface area contributed by atoms with E-state index in [9.17, 15) is 31.5 Å². The Morgan fingerprint density at radius 2 is 1.79 bits per heavy atom. The number of nitrogens with one attached hydrogen (secondary N) is 1. The van der Waals surface area contributed by atoms with Gasteiger partial charge < -0.3 is 4.74 Å². The molecule has 0 fully saturated rings. The largest absolute Gasteiger partial charge is 0.449 e. The van der Waals surface area contributed by atoms with Crippen LogP contribution in [0.2, 0.25) is 5.02 Å². The minimum absolute atomic E-state index is 0.0299. The zero-order valence-electron chi connectivity index (χ0n) is 19.1. The van der Waals surface area contributed by atoms with Crippen molar-refractivity contribution in [1.29, 1.82) is 0 Å². The summed E-state index contributed by atoms with van der Waals surface area (Å²) in [5, 5.41) is 5.98. The van der Waals surface area contributed by atoms with Crippen LogP contribution in [0.4, 0.5) is 22.0 Å². The molecule has 8 nitrogen and oxygen atoms in total. The number of halogens is 6. The molecule has 38 heavy (non-hydrogen) atoms. The zero-order valence-corrected chi connectivity index (χ0v) is 19.9. The Morgan fingerprint density at radius 1 is 1.08 bits per heavy atom. The molecule has 2 aromatic heterocycles. The van der Waals surface area contributed by atoms with Crippen molar-refractivity contribution in [2.75, 3.05) is 7.05 Å². The van der Waals surface area contributed by atoms with Gasteiger partial charge in [0, 0.05) is 17.2 Å². The number of alkyl halides is 3. The molecule has 14 heteroatoms. The van der Waals surface area contributed by atoms with E-state index in [0.717, 1.165) is 22.8 Å². The van der Waals surface area contributed by atoms with Gasteiger partial charge in [0.25, 0.3) is 18.2 Å². The fourth-order valence-corrected chi connectivity index (χ4v) is 3.66. The van der Waals surface area contributed by atoms with Gasteiger partial charge in [-0.25, -0.2) is 18.9 Å². The highest BCUT2D eigenvalue weighted by Crippen LogP contribution is 2.35. The summed E-state index contributed by atoms with van der Waals surface area (Å²) in [4.78, 5) is 32.3. The number of hydrogen-bond donors (Lipinski definition) is 1. The van der Waals surface area contributed by atoms with E-state index in [2.05, 4.69) is 26.1 Å². The number of ether oxygens (including phenoxy) is 1. The third kappa shape index (κ3) is 5.87. The topological polar surface area (TPSA) is 94.2 Å². The number of rotatable bonds is 5. The maximum atomic E-state index is 13.7.